The Kier molecular flexibility index (Phi) is 6.91. The minimum atomic E-state index is -4.70. The number of ether oxygens (including phenoxy) is 1. The number of sulfonamides is 1. The summed E-state index contributed by atoms with van der Waals surface area (Å²) in [5.74, 6) is -0.374. The first kappa shape index (κ1) is 26.5. The summed E-state index contributed by atoms with van der Waals surface area (Å²) in [5.41, 5.74) is -2.63. The molecule has 2 unspecified atom stereocenters. The van der Waals surface area contributed by atoms with Crippen molar-refractivity contribution in [2.75, 3.05) is 4.90 Å². The highest BCUT2D eigenvalue weighted by Gasteiger charge is 2.44. The number of primary sulfonamides is 1. The third-order valence-electron chi connectivity index (χ3n) is 6.54. The van der Waals surface area contributed by atoms with Crippen molar-refractivity contribution in [3.05, 3.63) is 47.1 Å². The van der Waals surface area contributed by atoms with Gasteiger partial charge in [-0.05, 0) is 69.9 Å². The maximum atomic E-state index is 13.4. The zero-order chi connectivity index (χ0) is 26.5. The molecule has 3 heterocycles. The molecule has 2 aromatic rings. The van der Waals surface area contributed by atoms with E-state index in [1.807, 2.05) is 0 Å². The molecule has 2 bridgehead atoms. The molecule has 8 nitrogen and oxygen atoms in total. The minimum Gasteiger partial charge on any atom is -0.477 e. The van der Waals surface area contributed by atoms with Crippen LogP contribution in [-0.2, 0) is 21.0 Å². The Labute approximate surface area is 212 Å². The number of rotatable bonds is 6. The fourth-order valence-corrected chi connectivity index (χ4v) is 5.49. The zero-order valence-corrected chi connectivity index (χ0v) is 21.1. The molecule has 4 rings (SSSR count). The van der Waals surface area contributed by atoms with Crippen LogP contribution in [0, 0.1) is 0 Å². The molecule has 13 heteroatoms. The second-order valence-electron chi connectivity index (χ2n) is 9.58. The number of hydrogen-bond donors (Lipinski definition) is 2. The summed E-state index contributed by atoms with van der Waals surface area (Å²) < 4.78 is 68.9. The van der Waals surface area contributed by atoms with Crippen LogP contribution in [0.25, 0.3) is 0 Å². The van der Waals surface area contributed by atoms with Gasteiger partial charge in [0.15, 0.2) is 5.60 Å². The second-order valence-corrected chi connectivity index (χ2v) is 11.6. The number of benzene rings is 1. The first-order valence-corrected chi connectivity index (χ1v) is 13.2. The Hall–Kier alpha value is -2.57. The molecule has 1 amide bonds. The van der Waals surface area contributed by atoms with Crippen LogP contribution in [0.15, 0.2) is 41.4 Å². The van der Waals surface area contributed by atoms with E-state index in [9.17, 15) is 26.4 Å². The number of anilines is 1. The predicted octanol–water partition coefficient (Wildman–Crippen LogP) is 3.87. The molecule has 1 aromatic heterocycles. The molecule has 196 valence electrons. The fraction of sp³-hybridized carbons (Fsp3) is 0.478. The van der Waals surface area contributed by atoms with E-state index in [4.69, 9.17) is 21.5 Å². The molecule has 2 atom stereocenters. The quantitative estimate of drug-likeness (QED) is 0.568. The van der Waals surface area contributed by atoms with E-state index < -0.39 is 39.0 Å². The van der Waals surface area contributed by atoms with Crippen molar-refractivity contribution in [3.8, 4) is 5.75 Å². The van der Waals surface area contributed by atoms with Gasteiger partial charge in [0.2, 0.25) is 10.0 Å². The van der Waals surface area contributed by atoms with E-state index in [1.165, 1.54) is 32.2 Å². The maximum Gasteiger partial charge on any atom is 0.420 e. The number of fused-ring (bicyclic) bond motifs is 2. The molecule has 2 aliphatic heterocycles. The van der Waals surface area contributed by atoms with Gasteiger partial charge in [-0.25, -0.2) is 18.5 Å². The number of nitrogens with two attached hydrogens (primary N) is 1. The molecular formula is C23H26ClF3N4O4S. The highest BCUT2D eigenvalue weighted by Crippen LogP contribution is 2.40. The van der Waals surface area contributed by atoms with E-state index in [-0.39, 0.29) is 28.0 Å². The second kappa shape index (κ2) is 9.38. The van der Waals surface area contributed by atoms with Crippen LogP contribution < -0.4 is 20.1 Å². The third kappa shape index (κ3) is 5.55. The predicted molar refractivity (Wildman–Crippen MR) is 127 cm³/mol. The number of pyridine rings is 1. The fourth-order valence-electron chi connectivity index (χ4n) is 4.86. The van der Waals surface area contributed by atoms with Crippen molar-refractivity contribution >= 4 is 33.3 Å². The number of nitrogens with zero attached hydrogens (tertiary/aromatic N) is 2. The number of hydrogen-bond acceptors (Lipinski definition) is 6. The van der Waals surface area contributed by atoms with E-state index in [0.29, 0.717) is 18.7 Å². The summed E-state index contributed by atoms with van der Waals surface area (Å²) >= 11 is 5.73. The van der Waals surface area contributed by atoms with E-state index in [0.717, 1.165) is 25.0 Å². The molecule has 0 aliphatic carbocycles. The van der Waals surface area contributed by atoms with Crippen molar-refractivity contribution < 1.29 is 31.1 Å². The first-order valence-electron chi connectivity index (χ1n) is 11.3. The Morgan fingerprint density at radius 2 is 1.81 bits per heavy atom. The van der Waals surface area contributed by atoms with Crippen molar-refractivity contribution in [2.45, 2.75) is 74.3 Å². The minimum absolute atomic E-state index is 0.0685. The van der Waals surface area contributed by atoms with Gasteiger partial charge in [0.05, 0.1) is 5.56 Å². The molecule has 2 saturated heterocycles. The van der Waals surface area contributed by atoms with Gasteiger partial charge in [-0.2, -0.15) is 13.2 Å². The number of halogens is 4. The maximum absolute atomic E-state index is 13.4. The van der Waals surface area contributed by atoms with E-state index >= 15 is 0 Å². The van der Waals surface area contributed by atoms with Crippen LogP contribution >= 0.6 is 11.6 Å². The van der Waals surface area contributed by atoms with Crippen molar-refractivity contribution in [1.82, 2.24) is 10.3 Å². The average Bonchev–Trinajstić information content (AvgIpc) is 3.04. The molecule has 36 heavy (non-hydrogen) atoms. The summed E-state index contributed by atoms with van der Waals surface area (Å²) in [6.07, 6.45) is -0.523. The number of piperidine rings is 1. The zero-order valence-electron chi connectivity index (χ0n) is 19.5. The Morgan fingerprint density at radius 3 is 2.33 bits per heavy atom. The number of carbonyl (C=O) groups excluding carboxylic acids is 1. The van der Waals surface area contributed by atoms with Gasteiger partial charge in [0.25, 0.3) is 5.91 Å². The summed E-state index contributed by atoms with van der Waals surface area (Å²) in [7, 11) is -3.84. The lowest BCUT2D eigenvalue weighted by Gasteiger charge is -2.41. The van der Waals surface area contributed by atoms with Gasteiger partial charge < -0.3 is 15.0 Å². The molecule has 0 saturated carbocycles. The van der Waals surface area contributed by atoms with Crippen LogP contribution in [0.3, 0.4) is 0 Å². The van der Waals surface area contributed by atoms with E-state index in [1.54, 1.807) is 6.07 Å². The first-order chi connectivity index (χ1) is 16.6. The monoisotopic (exact) mass is 546 g/mol. The van der Waals surface area contributed by atoms with Gasteiger partial charge in [-0.3, -0.25) is 4.79 Å². The lowest BCUT2D eigenvalue weighted by Crippen LogP contribution is -2.55. The number of alkyl halides is 3. The van der Waals surface area contributed by atoms with Crippen LogP contribution in [0.2, 0.25) is 5.02 Å². The molecule has 2 aliphatic rings. The van der Waals surface area contributed by atoms with Gasteiger partial charge in [0, 0.05) is 29.3 Å². The Morgan fingerprint density at radius 1 is 1.17 bits per heavy atom. The molecular weight excluding hydrogens is 521 g/mol. The lowest BCUT2D eigenvalue weighted by molar-refractivity contribution is -0.143. The van der Waals surface area contributed by atoms with E-state index in [2.05, 4.69) is 15.2 Å². The third-order valence-corrected chi connectivity index (χ3v) is 7.67. The number of nitrogens with one attached hydrogen (secondary N) is 1. The van der Waals surface area contributed by atoms with Gasteiger partial charge in [-0.15, -0.1) is 0 Å². The number of aromatic nitrogens is 1. The molecule has 2 fully saturated rings. The van der Waals surface area contributed by atoms with Gasteiger partial charge >= 0.3 is 6.18 Å². The van der Waals surface area contributed by atoms with Crippen LogP contribution in [0.1, 0.15) is 45.1 Å². The SMILES string of the molecule is CC(C)(Oc1ccc(Cl)cc1C(F)(F)F)C(=O)NC1CC2CCC(C1)N2c1ccc(S(N)(=O)=O)cn1. The summed E-state index contributed by atoms with van der Waals surface area (Å²) in [6.45, 7) is 2.83. The van der Waals surface area contributed by atoms with Crippen LogP contribution in [0.4, 0.5) is 19.0 Å². The van der Waals surface area contributed by atoms with Crippen molar-refractivity contribution in [2.24, 2.45) is 5.14 Å². The van der Waals surface area contributed by atoms with Gasteiger partial charge in [0.1, 0.15) is 16.5 Å². The summed E-state index contributed by atoms with van der Waals surface area (Å²) in [5, 5.41) is 7.99. The number of carbonyl (C=O) groups is 1. The molecule has 0 spiro atoms. The Balaban J connectivity index is 1.43. The average molecular weight is 547 g/mol. The topological polar surface area (TPSA) is 115 Å². The van der Waals surface area contributed by atoms with Crippen molar-refractivity contribution in [3.63, 3.8) is 0 Å². The Bertz CT molecular complexity index is 1240. The van der Waals surface area contributed by atoms with Crippen LogP contribution in [-0.4, -0.2) is 43.0 Å². The molecule has 1 aromatic carbocycles. The van der Waals surface area contributed by atoms with Crippen LogP contribution in [0.5, 0.6) is 5.75 Å². The molecule has 0 radical (unpaired) electrons. The summed E-state index contributed by atoms with van der Waals surface area (Å²) in [4.78, 5) is 19.4. The normalized spacial score (nSPS) is 22.4. The van der Waals surface area contributed by atoms with Crippen molar-refractivity contribution in [1.29, 1.82) is 0 Å². The smallest absolute Gasteiger partial charge is 0.420 e. The highest BCUT2D eigenvalue weighted by atomic mass is 35.5. The standard InChI is InChI=1S/C23H26ClF3N4O4S/c1-22(2,35-19-7-3-13(24)9-18(19)23(25,26)27)21(32)30-14-10-15-4-5-16(11-14)31(15)20-8-6-17(12-29-20)36(28,33)34/h3,6-9,12,14-16H,4-5,10-11H2,1-2H3,(H,30,32)(H2,28,33,34). The van der Waals surface area contributed by atoms with Gasteiger partial charge in [-0.1, -0.05) is 11.6 Å². The molecule has 3 N–H and O–H groups in total. The largest absolute Gasteiger partial charge is 0.477 e. The lowest BCUT2D eigenvalue weighted by atomic mass is 9.96. The highest BCUT2D eigenvalue weighted by molar-refractivity contribution is 7.89. The summed E-state index contributed by atoms with van der Waals surface area (Å²) in [6, 6.07) is 6.11. The number of amides is 1.